The minimum absolute atomic E-state index is 0.737. The molecular formula is C15H23ClN4S. The molecule has 1 fully saturated rings. The Kier molecular flexibility index (Phi) is 6.23. The molecule has 1 aromatic carbocycles. The normalized spacial score (nSPS) is 16.3. The van der Waals surface area contributed by atoms with E-state index in [1.165, 1.54) is 0 Å². The molecule has 1 N–H and O–H groups in total. The molecule has 0 bridgehead atoms. The van der Waals surface area contributed by atoms with E-state index < -0.39 is 0 Å². The highest BCUT2D eigenvalue weighted by Gasteiger charge is 2.18. The number of benzene rings is 1. The van der Waals surface area contributed by atoms with Crippen molar-refractivity contribution in [3.05, 3.63) is 29.3 Å². The van der Waals surface area contributed by atoms with Crippen molar-refractivity contribution >= 4 is 34.6 Å². The SMILES string of the molecule is CN(C)CCN1CCN(C(=S)Nc2ccc(Cl)cc2)CC1. The van der Waals surface area contributed by atoms with Gasteiger partial charge in [-0.2, -0.15) is 0 Å². The zero-order chi connectivity index (χ0) is 15.2. The molecule has 1 saturated heterocycles. The van der Waals surface area contributed by atoms with E-state index in [1.54, 1.807) is 0 Å². The molecular weight excluding hydrogens is 304 g/mol. The fourth-order valence-electron chi connectivity index (χ4n) is 2.25. The lowest BCUT2D eigenvalue weighted by Gasteiger charge is -2.36. The maximum atomic E-state index is 5.88. The molecule has 1 heterocycles. The van der Waals surface area contributed by atoms with Gasteiger partial charge < -0.3 is 15.1 Å². The lowest BCUT2D eigenvalue weighted by Crippen LogP contribution is -2.51. The predicted octanol–water partition coefficient (Wildman–Crippen LogP) is 2.22. The van der Waals surface area contributed by atoms with E-state index in [2.05, 4.69) is 34.1 Å². The summed E-state index contributed by atoms with van der Waals surface area (Å²) in [7, 11) is 4.23. The first-order chi connectivity index (χ1) is 10.0. The highest BCUT2D eigenvalue weighted by atomic mass is 35.5. The van der Waals surface area contributed by atoms with Crippen LogP contribution < -0.4 is 5.32 Å². The molecule has 0 aliphatic carbocycles. The molecule has 6 heteroatoms. The average Bonchev–Trinajstić information content (AvgIpc) is 2.48. The lowest BCUT2D eigenvalue weighted by atomic mass is 10.3. The number of rotatable bonds is 4. The summed E-state index contributed by atoms with van der Waals surface area (Å²) in [5.41, 5.74) is 0.986. The largest absolute Gasteiger partial charge is 0.346 e. The van der Waals surface area contributed by atoms with Gasteiger partial charge in [0, 0.05) is 50.0 Å². The Labute approximate surface area is 137 Å². The second-order valence-electron chi connectivity index (χ2n) is 5.57. The van der Waals surface area contributed by atoms with Gasteiger partial charge in [-0.15, -0.1) is 0 Å². The third-order valence-electron chi connectivity index (χ3n) is 3.62. The Hall–Kier alpha value is -0.880. The molecule has 116 valence electrons. The first kappa shape index (κ1) is 16.5. The number of halogens is 1. The molecule has 0 aromatic heterocycles. The van der Waals surface area contributed by atoms with Crippen LogP contribution in [-0.2, 0) is 0 Å². The molecule has 0 unspecified atom stereocenters. The van der Waals surface area contributed by atoms with Gasteiger partial charge >= 0.3 is 0 Å². The maximum Gasteiger partial charge on any atom is 0.173 e. The van der Waals surface area contributed by atoms with Crippen LogP contribution in [-0.4, -0.2) is 73.2 Å². The van der Waals surface area contributed by atoms with Crippen molar-refractivity contribution < 1.29 is 0 Å². The van der Waals surface area contributed by atoms with Crippen LogP contribution in [0.3, 0.4) is 0 Å². The third kappa shape index (κ3) is 5.43. The Morgan fingerprint density at radius 1 is 1.19 bits per heavy atom. The molecule has 0 atom stereocenters. The van der Waals surface area contributed by atoms with Crippen molar-refractivity contribution in [1.29, 1.82) is 0 Å². The Morgan fingerprint density at radius 2 is 1.81 bits per heavy atom. The van der Waals surface area contributed by atoms with Crippen molar-refractivity contribution in [3.63, 3.8) is 0 Å². The van der Waals surface area contributed by atoms with Crippen LogP contribution in [0.25, 0.3) is 0 Å². The molecule has 4 nitrogen and oxygen atoms in total. The summed E-state index contributed by atoms with van der Waals surface area (Å²) in [6.07, 6.45) is 0. The van der Waals surface area contributed by atoms with Gasteiger partial charge in [0.2, 0.25) is 0 Å². The van der Waals surface area contributed by atoms with Crippen molar-refractivity contribution in [3.8, 4) is 0 Å². The fraction of sp³-hybridized carbons (Fsp3) is 0.533. The van der Waals surface area contributed by atoms with E-state index in [0.29, 0.717) is 0 Å². The predicted molar refractivity (Wildman–Crippen MR) is 94.2 cm³/mol. The minimum atomic E-state index is 0.737. The zero-order valence-corrected chi connectivity index (χ0v) is 14.3. The van der Waals surface area contributed by atoms with Gasteiger partial charge in [0.1, 0.15) is 0 Å². The molecule has 2 rings (SSSR count). The highest BCUT2D eigenvalue weighted by Crippen LogP contribution is 2.14. The molecule has 0 spiro atoms. The van der Waals surface area contributed by atoms with E-state index in [4.69, 9.17) is 23.8 Å². The number of nitrogens with zero attached hydrogens (tertiary/aromatic N) is 3. The summed E-state index contributed by atoms with van der Waals surface area (Å²) in [4.78, 5) is 6.94. The maximum absolute atomic E-state index is 5.88. The summed E-state index contributed by atoms with van der Waals surface area (Å²) in [5, 5.41) is 4.81. The topological polar surface area (TPSA) is 21.8 Å². The molecule has 1 aromatic rings. The van der Waals surface area contributed by atoms with Crippen LogP contribution in [0.15, 0.2) is 24.3 Å². The first-order valence-electron chi connectivity index (χ1n) is 7.23. The van der Waals surface area contributed by atoms with Gasteiger partial charge in [-0.1, -0.05) is 11.6 Å². The summed E-state index contributed by atoms with van der Waals surface area (Å²) in [6.45, 7) is 6.32. The molecule has 0 radical (unpaired) electrons. The molecule has 0 amide bonds. The summed E-state index contributed by atoms with van der Waals surface area (Å²) < 4.78 is 0. The Bertz CT molecular complexity index is 455. The number of thiocarbonyl (C=S) groups is 1. The van der Waals surface area contributed by atoms with Crippen molar-refractivity contribution in [2.45, 2.75) is 0 Å². The van der Waals surface area contributed by atoms with Crippen molar-refractivity contribution in [2.24, 2.45) is 0 Å². The summed E-state index contributed by atoms with van der Waals surface area (Å²) in [5.74, 6) is 0. The van der Waals surface area contributed by atoms with Gasteiger partial charge in [-0.25, -0.2) is 0 Å². The zero-order valence-electron chi connectivity index (χ0n) is 12.7. The van der Waals surface area contributed by atoms with E-state index in [0.717, 1.165) is 55.1 Å². The van der Waals surface area contributed by atoms with Crippen LogP contribution in [0.4, 0.5) is 5.69 Å². The van der Waals surface area contributed by atoms with E-state index in [9.17, 15) is 0 Å². The van der Waals surface area contributed by atoms with E-state index in [1.807, 2.05) is 24.3 Å². The second-order valence-corrected chi connectivity index (χ2v) is 6.39. The van der Waals surface area contributed by atoms with Gasteiger partial charge in [0.25, 0.3) is 0 Å². The number of hydrogen-bond acceptors (Lipinski definition) is 3. The van der Waals surface area contributed by atoms with Gasteiger partial charge in [-0.05, 0) is 50.6 Å². The standard InChI is InChI=1S/C15H23ClN4S/c1-18(2)7-8-19-9-11-20(12-10-19)15(21)17-14-5-3-13(16)4-6-14/h3-6H,7-12H2,1-2H3,(H,17,21). The number of hydrogen-bond donors (Lipinski definition) is 1. The van der Waals surface area contributed by atoms with Crippen LogP contribution >= 0.6 is 23.8 Å². The van der Waals surface area contributed by atoms with E-state index >= 15 is 0 Å². The third-order valence-corrected chi connectivity index (χ3v) is 4.23. The number of likely N-dealkylation sites (N-methyl/N-ethyl adjacent to an activating group) is 1. The number of anilines is 1. The lowest BCUT2D eigenvalue weighted by molar-refractivity contribution is 0.170. The number of piperazine rings is 1. The first-order valence-corrected chi connectivity index (χ1v) is 8.02. The minimum Gasteiger partial charge on any atom is -0.346 e. The summed E-state index contributed by atoms with van der Waals surface area (Å²) in [6, 6.07) is 7.63. The van der Waals surface area contributed by atoms with Gasteiger partial charge in [0.15, 0.2) is 5.11 Å². The Morgan fingerprint density at radius 3 is 2.38 bits per heavy atom. The van der Waals surface area contributed by atoms with Crippen LogP contribution in [0, 0.1) is 0 Å². The summed E-state index contributed by atoms with van der Waals surface area (Å²) >= 11 is 11.4. The van der Waals surface area contributed by atoms with E-state index in [-0.39, 0.29) is 0 Å². The smallest absolute Gasteiger partial charge is 0.173 e. The average molecular weight is 327 g/mol. The Balaban J connectivity index is 1.76. The van der Waals surface area contributed by atoms with Crippen molar-refractivity contribution in [1.82, 2.24) is 14.7 Å². The van der Waals surface area contributed by atoms with Crippen molar-refractivity contribution in [2.75, 3.05) is 58.7 Å². The molecule has 1 aliphatic rings. The quantitative estimate of drug-likeness (QED) is 0.854. The second kappa shape index (κ2) is 7.94. The van der Waals surface area contributed by atoms with Crippen LogP contribution in [0.1, 0.15) is 0 Å². The van der Waals surface area contributed by atoms with Gasteiger partial charge in [0.05, 0.1) is 0 Å². The molecule has 1 aliphatic heterocycles. The molecule has 0 saturated carbocycles. The fourth-order valence-corrected chi connectivity index (χ4v) is 2.68. The van der Waals surface area contributed by atoms with Gasteiger partial charge in [-0.3, -0.25) is 4.90 Å². The monoisotopic (exact) mass is 326 g/mol. The van der Waals surface area contributed by atoms with Crippen LogP contribution in [0.5, 0.6) is 0 Å². The molecule has 21 heavy (non-hydrogen) atoms. The highest BCUT2D eigenvalue weighted by molar-refractivity contribution is 7.80. The number of nitrogens with one attached hydrogen (secondary N) is 1. The van der Waals surface area contributed by atoms with Crippen LogP contribution in [0.2, 0.25) is 5.02 Å².